The van der Waals surface area contributed by atoms with Crippen LogP contribution in [0.2, 0.25) is 0 Å². The highest BCUT2D eigenvalue weighted by Gasteiger charge is 2.46. The van der Waals surface area contributed by atoms with Gasteiger partial charge in [0, 0.05) is 5.41 Å². The number of hydrogen-bond donors (Lipinski definition) is 1. The lowest BCUT2D eigenvalue weighted by atomic mass is 9.91. The van der Waals surface area contributed by atoms with E-state index in [0.29, 0.717) is 0 Å². The van der Waals surface area contributed by atoms with Gasteiger partial charge in [0.1, 0.15) is 17.6 Å². The van der Waals surface area contributed by atoms with Crippen LogP contribution in [-0.4, -0.2) is 23.8 Å². The highest BCUT2D eigenvalue weighted by atomic mass is 16.5. The number of aliphatic imine (C=N–C) groups is 2. The standard InChI is InChI=1S/C21H23N4O/c1-21(2,3)19-18-13-23-9-10-25(18,22)20(24-19)16-6-5-15-12-17(26-4)8-7-14(15)11-16/h5-13H,22H2,1-4H3/q+1. The van der Waals surface area contributed by atoms with E-state index >= 15 is 0 Å². The molecular weight excluding hydrogens is 324 g/mol. The Morgan fingerprint density at radius 1 is 1.04 bits per heavy atom. The average Bonchev–Trinajstić information content (AvgIpc) is 2.94. The van der Waals surface area contributed by atoms with E-state index in [-0.39, 0.29) is 10.0 Å². The first-order chi connectivity index (χ1) is 12.3. The number of amidine groups is 1. The first kappa shape index (κ1) is 16.7. The van der Waals surface area contributed by atoms with Crippen LogP contribution in [0, 0.1) is 5.41 Å². The Hall–Kier alpha value is -2.76. The highest BCUT2D eigenvalue weighted by molar-refractivity contribution is 6.03. The minimum absolute atomic E-state index is 0.0533. The van der Waals surface area contributed by atoms with Crippen molar-refractivity contribution in [1.29, 1.82) is 0 Å². The average molecular weight is 347 g/mol. The van der Waals surface area contributed by atoms with Gasteiger partial charge in [-0.15, -0.1) is 4.59 Å². The minimum atomic E-state index is -0.124. The number of nitrogens with zero attached hydrogens (tertiary/aromatic N) is 3. The first-order valence-corrected chi connectivity index (χ1v) is 8.64. The zero-order valence-electron chi connectivity index (χ0n) is 15.5. The molecule has 4 rings (SSSR count). The van der Waals surface area contributed by atoms with Crippen molar-refractivity contribution in [2.45, 2.75) is 20.8 Å². The number of allylic oxidation sites excluding steroid dienone is 2. The van der Waals surface area contributed by atoms with Crippen LogP contribution in [0.1, 0.15) is 26.3 Å². The van der Waals surface area contributed by atoms with Gasteiger partial charge in [0.15, 0.2) is 0 Å². The van der Waals surface area contributed by atoms with E-state index in [4.69, 9.17) is 15.6 Å². The molecule has 2 aromatic carbocycles. The summed E-state index contributed by atoms with van der Waals surface area (Å²) in [4.78, 5) is 9.24. The summed E-state index contributed by atoms with van der Waals surface area (Å²) in [5.41, 5.74) is 2.77. The van der Waals surface area contributed by atoms with E-state index in [9.17, 15) is 0 Å². The zero-order chi connectivity index (χ0) is 18.5. The van der Waals surface area contributed by atoms with Crippen molar-refractivity contribution in [1.82, 2.24) is 0 Å². The SMILES string of the molecule is COc1ccc2cc(C3=NC(C(C)(C)C)=C4C=NC=C[N+]34N)ccc2c1. The van der Waals surface area contributed by atoms with Crippen LogP contribution in [0.3, 0.4) is 0 Å². The van der Waals surface area contributed by atoms with Crippen LogP contribution in [-0.2, 0) is 0 Å². The molecule has 0 aliphatic carbocycles. The fourth-order valence-corrected chi connectivity index (χ4v) is 3.42. The Bertz CT molecular complexity index is 1020. The smallest absolute Gasteiger partial charge is 0.264 e. The van der Waals surface area contributed by atoms with Crippen molar-refractivity contribution < 1.29 is 9.33 Å². The molecule has 0 spiro atoms. The molecule has 2 aliphatic rings. The lowest BCUT2D eigenvalue weighted by Crippen LogP contribution is -2.53. The number of methoxy groups -OCH3 is 1. The van der Waals surface area contributed by atoms with Gasteiger partial charge < -0.3 is 4.74 Å². The summed E-state index contributed by atoms with van der Waals surface area (Å²) in [6, 6.07) is 12.3. The molecule has 1 unspecified atom stereocenters. The maximum atomic E-state index is 6.77. The summed E-state index contributed by atoms with van der Waals surface area (Å²) in [5, 5.41) is 2.24. The van der Waals surface area contributed by atoms with E-state index in [0.717, 1.165) is 39.3 Å². The number of quaternary nitrogens is 1. The molecule has 132 valence electrons. The Labute approximate surface area is 153 Å². The second-order valence-electron chi connectivity index (χ2n) is 7.70. The summed E-state index contributed by atoms with van der Waals surface area (Å²) in [6.07, 6.45) is 5.44. The van der Waals surface area contributed by atoms with Crippen molar-refractivity contribution in [3.05, 3.63) is 65.8 Å². The third kappa shape index (κ3) is 2.48. The quantitative estimate of drug-likeness (QED) is 0.656. The predicted octanol–water partition coefficient (Wildman–Crippen LogP) is 4.11. The topological polar surface area (TPSA) is 60.0 Å². The van der Waals surface area contributed by atoms with Gasteiger partial charge in [0.05, 0.1) is 25.1 Å². The van der Waals surface area contributed by atoms with Gasteiger partial charge in [0.25, 0.3) is 5.84 Å². The molecule has 0 bridgehead atoms. The van der Waals surface area contributed by atoms with E-state index in [1.165, 1.54) is 0 Å². The Morgan fingerprint density at radius 2 is 1.77 bits per heavy atom. The van der Waals surface area contributed by atoms with Gasteiger partial charge in [-0.3, -0.25) is 4.99 Å². The van der Waals surface area contributed by atoms with E-state index in [2.05, 4.69) is 50.0 Å². The molecule has 0 saturated heterocycles. The highest BCUT2D eigenvalue weighted by Crippen LogP contribution is 2.39. The molecule has 5 heteroatoms. The molecule has 2 aliphatic heterocycles. The minimum Gasteiger partial charge on any atom is -0.497 e. The van der Waals surface area contributed by atoms with Crippen molar-refractivity contribution in [3.63, 3.8) is 0 Å². The normalized spacial score (nSPS) is 22.0. The van der Waals surface area contributed by atoms with E-state index < -0.39 is 0 Å². The molecule has 1 atom stereocenters. The maximum Gasteiger partial charge on any atom is 0.264 e. The van der Waals surface area contributed by atoms with Crippen LogP contribution in [0.4, 0.5) is 0 Å². The van der Waals surface area contributed by atoms with Gasteiger partial charge in [-0.25, -0.2) is 0 Å². The lowest BCUT2D eigenvalue weighted by Gasteiger charge is -2.27. The van der Waals surface area contributed by atoms with Crippen LogP contribution in [0.15, 0.2) is 70.2 Å². The van der Waals surface area contributed by atoms with Crippen molar-refractivity contribution in [2.24, 2.45) is 21.2 Å². The van der Waals surface area contributed by atoms with Gasteiger partial charge in [-0.1, -0.05) is 32.9 Å². The van der Waals surface area contributed by atoms with Crippen LogP contribution in [0.5, 0.6) is 5.75 Å². The van der Waals surface area contributed by atoms with Gasteiger partial charge >= 0.3 is 0 Å². The molecule has 0 amide bonds. The fraction of sp³-hybridized carbons (Fsp3) is 0.238. The summed E-state index contributed by atoms with van der Waals surface area (Å²) in [5.74, 6) is 8.43. The number of hydrogen-bond acceptors (Lipinski definition) is 4. The summed E-state index contributed by atoms with van der Waals surface area (Å²) in [6.45, 7) is 6.43. The second-order valence-corrected chi connectivity index (χ2v) is 7.70. The Balaban J connectivity index is 1.86. The molecule has 0 aromatic heterocycles. The number of nitrogens with two attached hydrogens (primary N) is 1. The number of benzene rings is 2. The molecule has 0 saturated carbocycles. The monoisotopic (exact) mass is 347 g/mol. The van der Waals surface area contributed by atoms with Gasteiger partial charge in [-0.05, 0) is 35.0 Å². The molecule has 2 N–H and O–H groups in total. The number of ether oxygens (including phenoxy) is 1. The van der Waals surface area contributed by atoms with Crippen LogP contribution < -0.4 is 10.6 Å². The summed E-state index contributed by atoms with van der Waals surface area (Å²) < 4.78 is 5.37. The molecule has 5 nitrogen and oxygen atoms in total. The van der Waals surface area contributed by atoms with Crippen molar-refractivity contribution in [3.8, 4) is 5.75 Å². The number of rotatable bonds is 2. The van der Waals surface area contributed by atoms with Crippen LogP contribution in [0.25, 0.3) is 10.8 Å². The Morgan fingerprint density at radius 3 is 2.50 bits per heavy atom. The third-order valence-corrected chi connectivity index (χ3v) is 4.81. The summed E-state index contributed by atoms with van der Waals surface area (Å²) >= 11 is 0. The largest absolute Gasteiger partial charge is 0.497 e. The van der Waals surface area contributed by atoms with E-state index in [1.807, 2.05) is 24.5 Å². The first-order valence-electron chi connectivity index (χ1n) is 8.64. The molecular formula is C21H23N4O+. The van der Waals surface area contributed by atoms with Crippen molar-refractivity contribution in [2.75, 3.05) is 7.11 Å². The zero-order valence-corrected chi connectivity index (χ0v) is 15.5. The maximum absolute atomic E-state index is 6.77. The number of fused-ring (bicyclic) bond motifs is 2. The van der Waals surface area contributed by atoms with Crippen molar-refractivity contribution >= 4 is 22.8 Å². The molecule has 2 heterocycles. The van der Waals surface area contributed by atoms with Gasteiger partial charge in [0.2, 0.25) is 5.70 Å². The Kier molecular flexibility index (Phi) is 3.61. The van der Waals surface area contributed by atoms with Gasteiger partial charge in [-0.2, -0.15) is 10.8 Å². The predicted molar refractivity (Wildman–Crippen MR) is 106 cm³/mol. The second kappa shape index (κ2) is 5.62. The molecule has 0 radical (unpaired) electrons. The fourth-order valence-electron chi connectivity index (χ4n) is 3.42. The molecule has 0 fully saturated rings. The summed E-state index contributed by atoms with van der Waals surface area (Å²) in [7, 11) is 1.68. The molecule has 2 aromatic rings. The molecule has 26 heavy (non-hydrogen) atoms. The van der Waals surface area contributed by atoms with E-state index in [1.54, 1.807) is 13.3 Å². The lowest BCUT2D eigenvalue weighted by molar-refractivity contribution is -0.750. The van der Waals surface area contributed by atoms with Crippen LogP contribution >= 0.6 is 0 Å². The third-order valence-electron chi connectivity index (χ3n) is 4.81.